The number of hydrogen-bond acceptors (Lipinski definition) is 2. The molecule has 0 saturated heterocycles. The highest BCUT2D eigenvalue weighted by Crippen LogP contribution is 2.43. The van der Waals surface area contributed by atoms with E-state index >= 15 is 0 Å². The molecule has 0 bridgehead atoms. The zero-order valence-electron chi connectivity index (χ0n) is 55.7. The minimum absolute atomic E-state index is 0.580. The first-order valence-corrected chi connectivity index (χ1v) is 32.7. The normalized spacial score (nSPS) is 12.0. The molecule has 10 heteroatoms. The fraction of sp³-hybridized carbons (Fsp3) is 0.205. The molecule has 460 valence electrons. The number of hydrogen-bond donors (Lipinski definition) is 0. The molecule has 0 N–H and O–H groups in total. The van der Waals surface area contributed by atoms with Crippen LogP contribution < -0.4 is 18.4 Å². The van der Waals surface area contributed by atoms with Crippen molar-refractivity contribution in [1.29, 1.82) is 0 Å². The van der Waals surface area contributed by atoms with E-state index in [4.69, 9.17) is 9.72 Å². The van der Waals surface area contributed by atoms with Gasteiger partial charge in [-0.25, -0.2) is 13.7 Å². The number of rotatable bonds is 8. The van der Waals surface area contributed by atoms with E-state index in [2.05, 4.69) is 327 Å². The largest absolute Gasteiger partial charge is 0.495 e. The number of ether oxygens (including phenoxy) is 1. The monoisotopic (exact) mass is 1220 g/mol. The van der Waals surface area contributed by atoms with Crippen LogP contribution in [0.5, 0.6) is 5.75 Å². The number of imidazole rings is 1. The van der Waals surface area contributed by atoms with Crippen molar-refractivity contribution in [1.82, 2.24) is 27.7 Å². The highest BCUT2D eigenvalue weighted by Gasteiger charge is 2.31. The molecule has 0 fully saturated rings. The first-order chi connectivity index (χ1) is 45.1. The van der Waals surface area contributed by atoms with Gasteiger partial charge in [0, 0.05) is 96.5 Å². The Morgan fingerprint density at radius 3 is 1.58 bits per heavy atom. The minimum atomic E-state index is 0.580. The molecular formula is C83H80N9O+3. The molecule has 0 aliphatic heterocycles. The third kappa shape index (κ3) is 9.27. The molecule has 9 heterocycles. The average Bonchev–Trinajstić information content (AvgIpc) is 1.63. The Hall–Kier alpha value is -10.6. The fourth-order valence-corrected chi connectivity index (χ4v) is 15.7. The van der Waals surface area contributed by atoms with E-state index in [1.807, 2.05) is 6.20 Å². The van der Waals surface area contributed by atoms with E-state index in [1.165, 1.54) is 138 Å². The lowest BCUT2D eigenvalue weighted by Gasteiger charge is -2.16. The molecule has 9 aromatic heterocycles. The van der Waals surface area contributed by atoms with Gasteiger partial charge in [-0.2, -0.15) is 13.5 Å². The number of para-hydroxylation sites is 5. The lowest BCUT2D eigenvalue weighted by atomic mass is 9.89. The Labute approximate surface area is 542 Å². The van der Waals surface area contributed by atoms with Gasteiger partial charge in [0.2, 0.25) is 0 Å². The Morgan fingerprint density at radius 1 is 0.441 bits per heavy atom. The second kappa shape index (κ2) is 23.0. The molecular weight excluding hydrogens is 1140 g/mol. The number of methoxy groups -OCH3 is 1. The van der Waals surface area contributed by atoms with E-state index in [-0.39, 0.29) is 0 Å². The number of aryl methyl sites for hydroxylation is 8. The summed E-state index contributed by atoms with van der Waals surface area (Å²) in [6.45, 7) is 15.9. The molecule has 93 heavy (non-hydrogen) atoms. The van der Waals surface area contributed by atoms with Crippen molar-refractivity contribution in [2.45, 2.75) is 61.3 Å². The molecule has 0 atom stereocenters. The maximum absolute atomic E-state index is 5.69. The summed E-state index contributed by atoms with van der Waals surface area (Å²) in [5.74, 6) is 3.14. The van der Waals surface area contributed by atoms with Gasteiger partial charge >= 0.3 is 0 Å². The lowest BCUT2D eigenvalue weighted by Crippen LogP contribution is -2.33. The van der Waals surface area contributed by atoms with Crippen molar-refractivity contribution in [3.8, 4) is 28.5 Å². The summed E-state index contributed by atoms with van der Waals surface area (Å²) in [6.07, 6.45) is 10.5. The van der Waals surface area contributed by atoms with Crippen LogP contribution in [0.3, 0.4) is 0 Å². The van der Waals surface area contributed by atoms with Crippen molar-refractivity contribution >= 4 is 115 Å². The van der Waals surface area contributed by atoms with Crippen molar-refractivity contribution < 1.29 is 18.4 Å². The molecule has 10 nitrogen and oxygen atoms in total. The second-order valence-corrected chi connectivity index (χ2v) is 26.4. The molecule has 17 aromatic rings. The predicted molar refractivity (Wildman–Crippen MR) is 387 cm³/mol. The van der Waals surface area contributed by atoms with Gasteiger partial charge in [-0.1, -0.05) is 125 Å². The first kappa shape index (κ1) is 58.8. The maximum atomic E-state index is 5.69. The molecule has 0 aliphatic rings. The highest BCUT2D eigenvalue weighted by atomic mass is 16.5. The van der Waals surface area contributed by atoms with Crippen molar-refractivity contribution in [3.63, 3.8) is 0 Å². The van der Waals surface area contributed by atoms with Crippen molar-refractivity contribution in [2.24, 2.45) is 47.1 Å². The Bertz CT molecular complexity index is 5830. The van der Waals surface area contributed by atoms with Crippen LogP contribution in [0.4, 0.5) is 0 Å². The van der Waals surface area contributed by atoms with Crippen molar-refractivity contribution in [3.05, 3.63) is 241 Å². The van der Waals surface area contributed by atoms with Crippen LogP contribution in [0, 0.1) is 32.6 Å². The van der Waals surface area contributed by atoms with Gasteiger partial charge in [0.15, 0.2) is 5.69 Å². The summed E-state index contributed by atoms with van der Waals surface area (Å²) in [6, 6.07) is 68.0. The van der Waals surface area contributed by atoms with Gasteiger partial charge in [0.25, 0.3) is 17.1 Å². The lowest BCUT2D eigenvalue weighted by molar-refractivity contribution is -0.665. The smallest absolute Gasteiger partial charge is 0.297 e. The summed E-state index contributed by atoms with van der Waals surface area (Å²) < 4.78 is 24.3. The summed E-state index contributed by atoms with van der Waals surface area (Å²) in [5.41, 5.74) is 23.9. The topological polar surface area (TPSA) is 57.9 Å². The number of nitrogens with zero attached hydrogens (tertiary/aromatic N) is 9. The summed E-state index contributed by atoms with van der Waals surface area (Å²) in [4.78, 5) is 4.88. The molecule has 0 radical (unpaired) electrons. The molecule has 0 spiro atoms. The highest BCUT2D eigenvalue weighted by molar-refractivity contribution is 6.20. The Kier molecular flexibility index (Phi) is 14.5. The van der Waals surface area contributed by atoms with Crippen LogP contribution in [0.15, 0.2) is 213 Å². The first-order valence-electron chi connectivity index (χ1n) is 32.7. The standard InChI is InChI=1S/C31H36N3O.2C26H22N3/c1-19(2)15-22-11-10-12-23(16-20(3)4)29(22)26-18-33(6)31-28-21(5)27(35-7)17-32-30(28)24-13-8-9-14-25(24)34(26)31;1-17-25-20(18-10-4-6-12-22(18)28(25)3)16-21-19-11-5-7-13-23(19)29(26(17)21)24-14-8-9-15-27(24)2;1-17-22(15-14-20-18-9-4-6-12-23(18)28(3)25(17)20)29-24-13-7-5-10-19(24)21-11-8-16-27(2)26(21)29/h8-14,17-20H,15-16H2,1-7H3;2*4-16H,1-3H3/q3*+1. The predicted octanol–water partition coefficient (Wildman–Crippen LogP) is 18.0. The molecule has 8 aromatic carbocycles. The third-order valence-electron chi connectivity index (χ3n) is 19.6. The number of fused-ring (bicyclic) bond motifs is 18. The third-order valence-corrected chi connectivity index (χ3v) is 19.6. The van der Waals surface area contributed by atoms with Crippen LogP contribution in [-0.4, -0.2) is 34.8 Å². The van der Waals surface area contributed by atoms with Gasteiger partial charge < -0.3 is 13.9 Å². The fourth-order valence-electron chi connectivity index (χ4n) is 15.7. The number of aromatic nitrogens is 9. The van der Waals surface area contributed by atoms with Gasteiger partial charge in [-0.3, -0.25) is 4.98 Å². The van der Waals surface area contributed by atoms with Gasteiger partial charge in [0.1, 0.15) is 39.7 Å². The van der Waals surface area contributed by atoms with Gasteiger partial charge in [0.05, 0.1) is 74.2 Å². The molecule has 0 amide bonds. The summed E-state index contributed by atoms with van der Waals surface area (Å²) in [7, 11) is 12.5. The summed E-state index contributed by atoms with van der Waals surface area (Å²) in [5, 5.41) is 12.7. The van der Waals surface area contributed by atoms with Gasteiger partial charge in [-0.05, 0) is 142 Å². The van der Waals surface area contributed by atoms with Crippen LogP contribution in [0.1, 0.15) is 55.5 Å². The van der Waals surface area contributed by atoms with Crippen molar-refractivity contribution in [2.75, 3.05) is 7.11 Å². The zero-order chi connectivity index (χ0) is 64.2. The quantitative estimate of drug-likeness (QED) is 0.112. The Balaban J connectivity index is 0.000000116. The average molecular weight is 1220 g/mol. The van der Waals surface area contributed by atoms with Crippen LogP contribution in [0.25, 0.3) is 138 Å². The zero-order valence-corrected chi connectivity index (χ0v) is 55.7. The van der Waals surface area contributed by atoms with Gasteiger partial charge in [-0.15, -0.1) is 0 Å². The number of pyridine rings is 4. The molecule has 17 rings (SSSR count). The molecule has 0 unspecified atom stereocenters. The SMILES string of the molecule is COc1cnc2c3ccccc3n3c(-c4c(CC(C)C)cccc4CC(C)C)c[n+](C)c3c2c1C.Cc1c(-n2c3ccccc3c3ccc[n+](C)c32)ccc2c3ccccc3n(C)c12.Cc1c2c(cc3c4ccccc4n(-c4cccc[n+]4C)c13)c1ccccc1n2C. The summed E-state index contributed by atoms with van der Waals surface area (Å²) >= 11 is 0. The van der Waals surface area contributed by atoms with E-state index in [1.54, 1.807) is 7.11 Å². The van der Waals surface area contributed by atoms with Crippen LogP contribution >= 0.6 is 0 Å². The van der Waals surface area contributed by atoms with Crippen LogP contribution in [-0.2, 0) is 48.1 Å². The van der Waals surface area contributed by atoms with E-state index < -0.39 is 0 Å². The molecule has 0 saturated carbocycles. The van der Waals surface area contributed by atoms with E-state index in [0.29, 0.717) is 11.8 Å². The molecule has 0 aliphatic carbocycles. The van der Waals surface area contributed by atoms with E-state index in [9.17, 15) is 0 Å². The second-order valence-electron chi connectivity index (χ2n) is 26.4. The number of benzene rings is 8. The maximum Gasteiger partial charge on any atom is 0.297 e. The Morgan fingerprint density at radius 2 is 0.957 bits per heavy atom. The van der Waals surface area contributed by atoms with Crippen LogP contribution in [0.2, 0.25) is 0 Å². The minimum Gasteiger partial charge on any atom is -0.495 e. The van der Waals surface area contributed by atoms with E-state index in [0.717, 1.165) is 46.1 Å².